The number of aromatic hydroxyl groups is 1. The van der Waals surface area contributed by atoms with Crippen molar-refractivity contribution in [3.8, 4) is 5.75 Å². The summed E-state index contributed by atoms with van der Waals surface area (Å²) in [6.07, 6.45) is 0.418. The quantitative estimate of drug-likeness (QED) is 0.768. The molecule has 0 radical (unpaired) electrons. The lowest BCUT2D eigenvalue weighted by Crippen LogP contribution is -2.36. The summed E-state index contributed by atoms with van der Waals surface area (Å²) < 4.78 is 25.5. The van der Waals surface area contributed by atoms with Crippen LogP contribution in [0, 0.1) is 0 Å². The van der Waals surface area contributed by atoms with E-state index in [-0.39, 0.29) is 11.3 Å². The first-order valence-corrected chi connectivity index (χ1v) is 7.17. The van der Waals surface area contributed by atoms with Gasteiger partial charge in [-0.15, -0.1) is 0 Å². The standard InChI is InChI=1S/C12H17NO5S/c1-4-12(2,3)19(17,18)13-8-5-6-9(11(15)16)10(14)7-8/h5-7,13-14H,4H2,1-3H3,(H,15,16). The molecule has 0 bridgehead atoms. The van der Waals surface area contributed by atoms with Crippen LogP contribution in [0.25, 0.3) is 0 Å². The van der Waals surface area contributed by atoms with Gasteiger partial charge in [-0.1, -0.05) is 6.92 Å². The first-order chi connectivity index (χ1) is 8.60. The number of hydrogen-bond donors (Lipinski definition) is 3. The number of aromatic carboxylic acids is 1. The molecule has 3 N–H and O–H groups in total. The van der Waals surface area contributed by atoms with Crippen LogP contribution in [-0.2, 0) is 10.0 Å². The van der Waals surface area contributed by atoms with E-state index in [9.17, 15) is 18.3 Å². The molecule has 0 aliphatic heterocycles. The summed E-state index contributed by atoms with van der Waals surface area (Å²) in [5.41, 5.74) is -0.151. The fourth-order valence-corrected chi connectivity index (χ4v) is 2.35. The Morgan fingerprint density at radius 3 is 2.37 bits per heavy atom. The zero-order valence-corrected chi connectivity index (χ0v) is 11.8. The number of nitrogens with one attached hydrogen (secondary N) is 1. The number of sulfonamides is 1. The van der Waals surface area contributed by atoms with E-state index in [2.05, 4.69) is 4.72 Å². The van der Waals surface area contributed by atoms with Crippen molar-refractivity contribution in [2.24, 2.45) is 0 Å². The lowest BCUT2D eigenvalue weighted by Gasteiger charge is -2.23. The molecule has 1 aromatic carbocycles. The minimum absolute atomic E-state index is 0.129. The van der Waals surface area contributed by atoms with Gasteiger partial charge in [0.05, 0.1) is 10.4 Å². The van der Waals surface area contributed by atoms with E-state index in [1.165, 1.54) is 6.07 Å². The molecule has 0 aromatic heterocycles. The van der Waals surface area contributed by atoms with Crippen molar-refractivity contribution >= 4 is 21.7 Å². The van der Waals surface area contributed by atoms with Crippen molar-refractivity contribution in [3.05, 3.63) is 23.8 Å². The molecule has 19 heavy (non-hydrogen) atoms. The van der Waals surface area contributed by atoms with Crippen LogP contribution >= 0.6 is 0 Å². The van der Waals surface area contributed by atoms with Gasteiger partial charge in [0, 0.05) is 6.07 Å². The third kappa shape index (κ3) is 3.17. The molecule has 0 saturated carbocycles. The van der Waals surface area contributed by atoms with Gasteiger partial charge in [-0.3, -0.25) is 4.72 Å². The van der Waals surface area contributed by atoms with Gasteiger partial charge < -0.3 is 10.2 Å². The fourth-order valence-electron chi connectivity index (χ4n) is 1.26. The molecule has 7 heteroatoms. The fraction of sp³-hybridized carbons (Fsp3) is 0.417. The van der Waals surface area contributed by atoms with Gasteiger partial charge in [0.25, 0.3) is 0 Å². The largest absolute Gasteiger partial charge is 0.507 e. The van der Waals surface area contributed by atoms with Crippen molar-refractivity contribution in [3.63, 3.8) is 0 Å². The number of phenols is 1. The zero-order valence-electron chi connectivity index (χ0n) is 11.0. The molecule has 0 unspecified atom stereocenters. The molecule has 0 amide bonds. The van der Waals surface area contributed by atoms with Crippen molar-refractivity contribution in [1.29, 1.82) is 0 Å². The number of carboxylic acids is 1. The third-order valence-corrected chi connectivity index (χ3v) is 5.31. The second-order valence-corrected chi connectivity index (χ2v) is 7.07. The van der Waals surface area contributed by atoms with Crippen LogP contribution in [0.2, 0.25) is 0 Å². The van der Waals surface area contributed by atoms with E-state index < -0.39 is 26.5 Å². The van der Waals surface area contributed by atoms with Crippen molar-refractivity contribution in [2.75, 3.05) is 4.72 Å². The minimum atomic E-state index is -3.62. The minimum Gasteiger partial charge on any atom is -0.507 e. The number of anilines is 1. The Kier molecular flexibility index (Phi) is 4.09. The molecular weight excluding hydrogens is 270 g/mol. The molecule has 1 aromatic rings. The normalized spacial score (nSPS) is 12.2. The van der Waals surface area contributed by atoms with Crippen LogP contribution in [-0.4, -0.2) is 29.3 Å². The maximum Gasteiger partial charge on any atom is 0.339 e. The Labute approximate surface area is 112 Å². The van der Waals surface area contributed by atoms with E-state index in [0.29, 0.717) is 6.42 Å². The van der Waals surface area contributed by atoms with Crippen molar-refractivity contribution in [1.82, 2.24) is 0 Å². The highest BCUT2D eigenvalue weighted by atomic mass is 32.2. The highest BCUT2D eigenvalue weighted by Crippen LogP contribution is 2.26. The van der Waals surface area contributed by atoms with Crippen LogP contribution in [0.15, 0.2) is 18.2 Å². The second-order valence-electron chi connectivity index (χ2n) is 4.76. The van der Waals surface area contributed by atoms with Gasteiger partial charge >= 0.3 is 5.97 Å². The van der Waals surface area contributed by atoms with E-state index in [4.69, 9.17) is 5.11 Å². The Morgan fingerprint density at radius 2 is 1.95 bits per heavy atom. The number of carboxylic acid groups (broad SMARTS) is 1. The van der Waals surface area contributed by atoms with Gasteiger partial charge in [0.2, 0.25) is 10.0 Å². The third-order valence-electron chi connectivity index (χ3n) is 3.06. The van der Waals surface area contributed by atoms with Gasteiger partial charge in [-0.05, 0) is 32.4 Å². The number of hydrogen-bond acceptors (Lipinski definition) is 4. The molecule has 0 aliphatic carbocycles. The van der Waals surface area contributed by atoms with E-state index in [0.717, 1.165) is 12.1 Å². The number of benzene rings is 1. The first-order valence-electron chi connectivity index (χ1n) is 5.69. The van der Waals surface area contributed by atoms with Gasteiger partial charge in [-0.25, -0.2) is 13.2 Å². The van der Waals surface area contributed by atoms with Crippen LogP contribution < -0.4 is 4.72 Å². The van der Waals surface area contributed by atoms with Crippen LogP contribution in [0.5, 0.6) is 5.75 Å². The van der Waals surface area contributed by atoms with Gasteiger partial charge in [-0.2, -0.15) is 0 Å². The molecule has 6 nitrogen and oxygen atoms in total. The smallest absolute Gasteiger partial charge is 0.339 e. The average Bonchev–Trinajstić information content (AvgIpc) is 2.27. The summed E-state index contributed by atoms with van der Waals surface area (Å²) >= 11 is 0. The van der Waals surface area contributed by atoms with Crippen LogP contribution in [0.3, 0.4) is 0 Å². The molecule has 0 atom stereocenters. The maximum absolute atomic E-state index is 12.1. The van der Waals surface area contributed by atoms with Gasteiger partial charge in [0.15, 0.2) is 0 Å². The highest BCUT2D eigenvalue weighted by molar-refractivity contribution is 7.94. The molecule has 1 rings (SSSR count). The second kappa shape index (κ2) is 5.08. The van der Waals surface area contributed by atoms with Crippen molar-refractivity contribution in [2.45, 2.75) is 31.9 Å². The Balaban J connectivity index is 3.09. The Bertz CT molecular complexity index is 592. The lowest BCUT2D eigenvalue weighted by atomic mass is 10.1. The van der Waals surface area contributed by atoms with E-state index in [1.807, 2.05) is 0 Å². The number of carbonyl (C=O) groups is 1. The molecule has 0 spiro atoms. The molecule has 0 aliphatic rings. The summed E-state index contributed by atoms with van der Waals surface area (Å²) in [4.78, 5) is 10.7. The van der Waals surface area contributed by atoms with E-state index in [1.54, 1.807) is 20.8 Å². The highest BCUT2D eigenvalue weighted by Gasteiger charge is 2.32. The molecular formula is C12H17NO5S. The maximum atomic E-state index is 12.1. The average molecular weight is 287 g/mol. The summed E-state index contributed by atoms with van der Waals surface area (Å²) in [6.45, 7) is 4.92. The molecule has 106 valence electrons. The molecule has 0 saturated heterocycles. The predicted molar refractivity (Wildman–Crippen MR) is 72.0 cm³/mol. The predicted octanol–water partition coefficient (Wildman–Crippen LogP) is 2.02. The summed E-state index contributed by atoms with van der Waals surface area (Å²) in [7, 11) is -3.62. The summed E-state index contributed by atoms with van der Waals surface area (Å²) in [6, 6.07) is 3.52. The van der Waals surface area contributed by atoms with Crippen LogP contribution in [0.4, 0.5) is 5.69 Å². The van der Waals surface area contributed by atoms with E-state index >= 15 is 0 Å². The molecule has 0 heterocycles. The first kappa shape index (κ1) is 15.3. The van der Waals surface area contributed by atoms with Gasteiger partial charge in [0.1, 0.15) is 11.3 Å². The lowest BCUT2D eigenvalue weighted by molar-refractivity contribution is 0.0694. The monoisotopic (exact) mass is 287 g/mol. The van der Waals surface area contributed by atoms with Crippen LogP contribution in [0.1, 0.15) is 37.6 Å². The van der Waals surface area contributed by atoms with Crippen molar-refractivity contribution < 1.29 is 23.4 Å². The summed E-state index contributed by atoms with van der Waals surface area (Å²) in [5.74, 6) is -1.76. The topological polar surface area (TPSA) is 104 Å². The Morgan fingerprint density at radius 1 is 1.37 bits per heavy atom. The zero-order chi connectivity index (χ0) is 14.8. The Hall–Kier alpha value is -1.76. The SMILES string of the molecule is CCC(C)(C)S(=O)(=O)Nc1ccc(C(=O)O)c(O)c1. The number of rotatable bonds is 5. The molecule has 0 fully saturated rings. The summed E-state index contributed by atoms with van der Waals surface area (Å²) in [5, 5.41) is 18.3.